The molecule has 0 spiro atoms. The predicted octanol–water partition coefficient (Wildman–Crippen LogP) is 1.98. The third kappa shape index (κ3) is 3.30. The Morgan fingerprint density at radius 1 is 1.56 bits per heavy atom. The number of halogens is 5. The molecule has 1 rings (SSSR count). The first-order chi connectivity index (χ1) is 8.14. The van der Waals surface area contributed by atoms with Gasteiger partial charge in [-0.25, -0.2) is 0 Å². The van der Waals surface area contributed by atoms with Gasteiger partial charge in [-0.3, -0.25) is 4.79 Å². The Kier molecular flexibility index (Phi) is 4.52. The van der Waals surface area contributed by atoms with Crippen molar-refractivity contribution < 1.29 is 23.1 Å². The molecule has 1 heterocycles. The Morgan fingerprint density at radius 3 is 2.50 bits per heavy atom. The minimum atomic E-state index is -4.78. The molecular weight excluding hydrogens is 296 g/mol. The van der Waals surface area contributed by atoms with Crippen molar-refractivity contribution >= 4 is 29.1 Å². The van der Waals surface area contributed by atoms with Crippen LogP contribution in [0.2, 0.25) is 10.2 Å². The second kappa shape index (κ2) is 5.38. The quantitative estimate of drug-likeness (QED) is 0.897. The number of aliphatic hydroxyl groups is 1. The fraction of sp³-hybridized carbons (Fsp3) is 0.444. The molecule has 1 amide bonds. The Bertz CT molecular complexity index is 459. The van der Waals surface area contributed by atoms with Crippen LogP contribution in [-0.2, 0) is 7.05 Å². The summed E-state index contributed by atoms with van der Waals surface area (Å²) in [7, 11) is 1.43. The van der Waals surface area contributed by atoms with Crippen LogP contribution in [-0.4, -0.2) is 34.4 Å². The zero-order valence-electron chi connectivity index (χ0n) is 9.05. The number of nitrogens with one attached hydrogen (secondary N) is 1. The summed E-state index contributed by atoms with van der Waals surface area (Å²) in [4.78, 5) is 11.5. The number of carbonyl (C=O) groups is 1. The van der Waals surface area contributed by atoms with E-state index in [1.54, 1.807) is 0 Å². The summed E-state index contributed by atoms with van der Waals surface area (Å²) < 4.78 is 37.2. The fourth-order valence-electron chi connectivity index (χ4n) is 1.16. The minimum absolute atomic E-state index is 0.000579. The van der Waals surface area contributed by atoms with Crippen LogP contribution in [0.1, 0.15) is 10.5 Å². The van der Waals surface area contributed by atoms with Crippen LogP contribution in [0.15, 0.2) is 6.07 Å². The van der Waals surface area contributed by atoms with Gasteiger partial charge in [0.05, 0.1) is 11.6 Å². The van der Waals surface area contributed by atoms with Gasteiger partial charge >= 0.3 is 6.18 Å². The van der Waals surface area contributed by atoms with E-state index < -0.39 is 24.7 Å². The smallest absolute Gasteiger partial charge is 0.382 e. The Hall–Kier alpha value is -0.920. The maximum absolute atomic E-state index is 12.0. The third-order valence-electron chi connectivity index (χ3n) is 2.18. The van der Waals surface area contributed by atoms with Crippen molar-refractivity contribution in [2.24, 2.45) is 7.05 Å². The van der Waals surface area contributed by atoms with Gasteiger partial charge < -0.3 is 15.0 Å². The number of nitrogens with zero attached hydrogens (tertiary/aromatic N) is 1. The lowest BCUT2D eigenvalue weighted by Gasteiger charge is -2.15. The van der Waals surface area contributed by atoms with E-state index in [2.05, 4.69) is 0 Å². The highest BCUT2D eigenvalue weighted by atomic mass is 35.5. The molecule has 1 atom stereocenters. The molecule has 2 N–H and O–H groups in total. The summed E-state index contributed by atoms with van der Waals surface area (Å²) >= 11 is 11.4. The van der Waals surface area contributed by atoms with Crippen LogP contribution in [0, 0.1) is 0 Å². The van der Waals surface area contributed by atoms with Crippen LogP contribution >= 0.6 is 23.2 Å². The second-order valence-corrected chi connectivity index (χ2v) is 4.26. The van der Waals surface area contributed by atoms with Crippen LogP contribution in [0.5, 0.6) is 0 Å². The van der Waals surface area contributed by atoms with Crippen LogP contribution in [0.3, 0.4) is 0 Å². The highest BCUT2D eigenvalue weighted by Crippen LogP contribution is 2.25. The summed E-state index contributed by atoms with van der Waals surface area (Å²) in [5.74, 6) is -0.811. The first-order valence-electron chi connectivity index (χ1n) is 4.68. The number of aromatic nitrogens is 1. The molecule has 0 aliphatic carbocycles. The van der Waals surface area contributed by atoms with E-state index in [0.717, 1.165) is 0 Å². The van der Waals surface area contributed by atoms with Gasteiger partial charge in [-0.2, -0.15) is 13.2 Å². The van der Waals surface area contributed by atoms with E-state index in [1.807, 2.05) is 5.32 Å². The predicted molar refractivity (Wildman–Crippen MR) is 59.8 cm³/mol. The van der Waals surface area contributed by atoms with Crippen molar-refractivity contribution in [2.75, 3.05) is 6.54 Å². The largest absolute Gasteiger partial charge is 0.416 e. The lowest BCUT2D eigenvalue weighted by Crippen LogP contribution is -2.41. The number of hydrogen-bond donors (Lipinski definition) is 2. The molecule has 0 fully saturated rings. The molecule has 1 unspecified atom stereocenters. The van der Waals surface area contributed by atoms with E-state index in [-0.39, 0.29) is 15.9 Å². The first-order valence-corrected chi connectivity index (χ1v) is 5.44. The molecule has 1 aromatic heterocycles. The van der Waals surface area contributed by atoms with E-state index in [1.165, 1.54) is 17.7 Å². The Labute approximate surface area is 110 Å². The summed E-state index contributed by atoms with van der Waals surface area (Å²) in [6.07, 6.45) is -7.40. The molecule has 1 aromatic rings. The van der Waals surface area contributed by atoms with Crippen molar-refractivity contribution in [1.29, 1.82) is 0 Å². The number of amides is 1. The van der Waals surface area contributed by atoms with Crippen molar-refractivity contribution in [3.05, 3.63) is 21.9 Å². The van der Waals surface area contributed by atoms with Crippen LogP contribution in [0.25, 0.3) is 0 Å². The van der Waals surface area contributed by atoms with Crippen molar-refractivity contribution in [2.45, 2.75) is 12.3 Å². The molecular formula is C9H9Cl2F3N2O2. The number of aliphatic hydroxyl groups excluding tert-OH is 1. The number of rotatable bonds is 3. The summed E-state index contributed by atoms with van der Waals surface area (Å²) in [5, 5.41) is 10.9. The first kappa shape index (κ1) is 15.1. The zero-order chi connectivity index (χ0) is 14.1. The van der Waals surface area contributed by atoms with Crippen LogP contribution < -0.4 is 5.32 Å². The Morgan fingerprint density at radius 2 is 2.11 bits per heavy atom. The maximum atomic E-state index is 12.0. The van der Waals surface area contributed by atoms with E-state index in [9.17, 15) is 18.0 Å². The van der Waals surface area contributed by atoms with Gasteiger partial charge in [-0.15, -0.1) is 0 Å². The Balaban J connectivity index is 2.70. The summed E-state index contributed by atoms with van der Waals surface area (Å²) in [6, 6.07) is 1.22. The van der Waals surface area contributed by atoms with Gasteiger partial charge in [0.2, 0.25) is 0 Å². The lowest BCUT2D eigenvalue weighted by molar-refractivity contribution is -0.201. The molecule has 0 bridgehead atoms. The molecule has 4 nitrogen and oxygen atoms in total. The second-order valence-electron chi connectivity index (χ2n) is 3.49. The van der Waals surface area contributed by atoms with E-state index in [0.29, 0.717) is 0 Å². The van der Waals surface area contributed by atoms with Gasteiger partial charge in [0, 0.05) is 7.05 Å². The monoisotopic (exact) mass is 304 g/mol. The summed E-state index contributed by atoms with van der Waals surface area (Å²) in [5.41, 5.74) is -0.000579. The highest BCUT2D eigenvalue weighted by molar-refractivity contribution is 6.41. The zero-order valence-corrected chi connectivity index (χ0v) is 10.6. The van der Waals surface area contributed by atoms with Gasteiger partial charge in [0.25, 0.3) is 5.91 Å². The van der Waals surface area contributed by atoms with E-state index >= 15 is 0 Å². The molecule has 18 heavy (non-hydrogen) atoms. The fourth-order valence-corrected chi connectivity index (χ4v) is 1.53. The highest BCUT2D eigenvalue weighted by Gasteiger charge is 2.38. The standard InChI is InChI=1S/C9H9Cl2F3N2O2/c1-16-5(2-4(10)7(16)11)8(18)15-3-6(17)9(12,13)14/h2,6,17H,3H2,1H3,(H,15,18). The average Bonchev–Trinajstić information content (AvgIpc) is 2.52. The van der Waals surface area contributed by atoms with E-state index in [4.69, 9.17) is 28.3 Å². The average molecular weight is 305 g/mol. The maximum Gasteiger partial charge on any atom is 0.416 e. The van der Waals surface area contributed by atoms with Crippen molar-refractivity contribution in [3.63, 3.8) is 0 Å². The van der Waals surface area contributed by atoms with Gasteiger partial charge in [-0.1, -0.05) is 23.2 Å². The number of alkyl halides is 3. The van der Waals surface area contributed by atoms with Gasteiger partial charge in [0.1, 0.15) is 10.8 Å². The molecule has 0 aliphatic rings. The topological polar surface area (TPSA) is 54.3 Å². The molecule has 0 aliphatic heterocycles. The van der Waals surface area contributed by atoms with Gasteiger partial charge in [-0.05, 0) is 6.07 Å². The molecule has 0 saturated carbocycles. The molecule has 0 radical (unpaired) electrons. The van der Waals surface area contributed by atoms with Crippen LogP contribution in [0.4, 0.5) is 13.2 Å². The SMILES string of the molecule is Cn1c(C(=O)NCC(O)C(F)(F)F)cc(Cl)c1Cl. The van der Waals surface area contributed by atoms with Gasteiger partial charge in [0.15, 0.2) is 6.10 Å². The van der Waals surface area contributed by atoms with Crippen molar-refractivity contribution in [1.82, 2.24) is 9.88 Å². The molecule has 9 heteroatoms. The lowest BCUT2D eigenvalue weighted by atomic mass is 10.3. The summed E-state index contributed by atoms with van der Waals surface area (Å²) in [6.45, 7) is -0.942. The normalized spacial score (nSPS) is 13.5. The number of hydrogen-bond acceptors (Lipinski definition) is 2. The minimum Gasteiger partial charge on any atom is -0.382 e. The molecule has 102 valence electrons. The third-order valence-corrected chi connectivity index (χ3v) is 3.02. The van der Waals surface area contributed by atoms with Crippen molar-refractivity contribution in [3.8, 4) is 0 Å². The molecule has 0 aromatic carbocycles. The molecule has 0 saturated heterocycles. The number of carbonyl (C=O) groups excluding carboxylic acids is 1.